The van der Waals surface area contributed by atoms with Gasteiger partial charge in [0.05, 0.1) is 6.61 Å². The van der Waals surface area contributed by atoms with Gasteiger partial charge in [-0.1, -0.05) is 19.8 Å². The molecule has 76 valence electrons. The molecule has 0 aromatic rings. The van der Waals surface area contributed by atoms with Crippen molar-refractivity contribution in [1.82, 2.24) is 0 Å². The highest BCUT2D eigenvalue weighted by Crippen LogP contribution is 2.31. The smallest absolute Gasteiger partial charge is 0.323 e. The van der Waals surface area contributed by atoms with Crippen LogP contribution in [0, 0.1) is 5.92 Å². The molecule has 3 nitrogen and oxygen atoms in total. The Morgan fingerprint density at radius 1 is 1.54 bits per heavy atom. The topological polar surface area (TPSA) is 52.3 Å². The van der Waals surface area contributed by atoms with Crippen molar-refractivity contribution in [3.63, 3.8) is 0 Å². The standard InChI is InChI=1S/C10H19NO2/c1-2-3-4-7-13-10(12)9(11)8-5-6-8/h8-9H,2-7,11H2,1H3. The Kier molecular flexibility index (Phi) is 4.22. The van der Waals surface area contributed by atoms with Crippen molar-refractivity contribution in [1.29, 1.82) is 0 Å². The second-order valence-corrected chi connectivity index (χ2v) is 3.74. The summed E-state index contributed by atoms with van der Waals surface area (Å²) >= 11 is 0. The van der Waals surface area contributed by atoms with Crippen LogP contribution < -0.4 is 5.73 Å². The van der Waals surface area contributed by atoms with Crippen LogP contribution in [-0.4, -0.2) is 18.6 Å². The van der Waals surface area contributed by atoms with Gasteiger partial charge in [0.2, 0.25) is 0 Å². The Balaban J connectivity index is 2.02. The first-order valence-corrected chi connectivity index (χ1v) is 5.18. The molecule has 0 radical (unpaired) electrons. The summed E-state index contributed by atoms with van der Waals surface area (Å²) in [5, 5.41) is 0. The fourth-order valence-electron chi connectivity index (χ4n) is 1.27. The van der Waals surface area contributed by atoms with Crippen LogP contribution in [0.4, 0.5) is 0 Å². The molecular formula is C10H19NO2. The van der Waals surface area contributed by atoms with Crippen LogP contribution in [0.1, 0.15) is 39.0 Å². The van der Waals surface area contributed by atoms with Gasteiger partial charge in [-0.15, -0.1) is 0 Å². The molecule has 1 aliphatic carbocycles. The zero-order chi connectivity index (χ0) is 9.68. The molecular weight excluding hydrogens is 166 g/mol. The predicted molar refractivity (Wildman–Crippen MR) is 51.2 cm³/mol. The lowest BCUT2D eigenvalue weighted by atomic mass is 10.2. The third-order valence-electron chi connectivity index (χ3n) is 2.39. The van der Waals surface area contributed by atoms with Gasteiger partial charge in [-0.2, -0.15) is 0 Å². The molecule has 1 atom stereocenters. The first kappa shape index (κ1) is 10.5. The van der Waals surface area contributed by atoms with Crippen molar-refractivity contribution >= 4 is 5.97 Å². The van der Waals surface area contributed by atoms with E-state index < -0.39 is 0 Å². The van der Waals surface area contributed by atoms with Gasteiger partial charge in [0.15, 0.2) is 0 Å². The van der Waals surface area contributed by atoms with E-state index >= 15 is 0 Å². The molecule has 3 heteroatoms. The summed E-state index contributed by atoms with van der Waals surface area (Å²) < 4.78 is 5.04. The van der Waals surface area contributed by atoms with E-state index in [0.29, 0.717) is 12.5 Å². The van der Waals surface area contributed by atoms with Gasteiger partial charge < -0.3 is 10.5 Å². The van der Waals surface area contributed by atoms with Gasteiger partial charge >= 0.3 is 5.97 Å². The summed E-state index contributed by atoms with van der Waals surface area (Å²) in [7, 11) is 0. The Bertz CT molecular complexity index is 166. The minimum Gasteiger partial charge on any atom is -0.465 e. The van der Waals surface area contributed by atoms with Crippen LogP contribution >= 0.6 is 0 Å². The zero-order valence-corrected chi connectivity index (χ0v) is 8.29. The van der Waals surface area contributed by atoms with E-state index in [4.69, 9.17) is 10.5 Å². The van der Waals surface area contributed by atoms with Crippen molar-refractivity contribution in [2.24, 2.45) is 11.7 Å². The molecule has 0 aliphatic heterocycles. The molecule has 0 aromatic heterocycles. The summed E-state index contributed by atoms with van der Waals surface area (Å²) in [5.41, 5.74) is 5.66. The van der Waals surface area contributed by atoms with E-state index in [2.05, 4.69) is 6.92 Å². The van der Waals surface area contributed by atoms with E-state index in [1.165, 1.54) is 0 Å². The fourth-order valence-corrected chi connectivity index (χ4v) is 1.27. The number of carbonyl (C=O) groups is 1. The third kappa shape index (κ3) is 3.77. The lowest BCUT2D eigenvalue weighted by molar-refractivity contribution is -0.145. The Labute approximate surface area is 79.6 Å². The van der Waals surface area contributed by atoms with Crippen molar-refractivity contribution < 1.29 is 9.53 Å². The van der Waals surface area contributed by atoms with E-state index in [0.717, 1.165) is 32.1 Å². The van der Waals surface area contributed by atoms with Gasteiger partial charge in [0, 0.05) is 0 Å². The number of unbranched alkanes of at least 4 members (excludes halogenated alkanes) is 2. The highest BCUT2D eigenvalue weighted by atomic mass is 16.5. The minimum atomic E-state index is -0.360. The van der Waals surface area contributed by atoms with Gasteiger partial charge in [-0.3, -0.25) is 4.79 Å². The Hall–Kier alpha value is -0.570. The van der Waals surface area contributed by atoms with Crippen LogP contribution in [-0.2, 0) is 9.53 Å². The number of carbonyl (C=O) groups excluding carboxylic acids is 1. The SMILES string of the molecule is CCCCCOC(=O)C(N)C1CC1. The average molecular weight is 185 g/mol. The van der Waals surface area contributed by atoms with Gasteiger partial charge in [0.1, 0.15) is 6.04 Å². The number of hydrogen-bond donors (Lipinski definition) is 1. The van der Waals surface area contributed by atoms with Crippen molar-refractivity contribution in [2.45, 2.75) is 45.1 Å². The summed E-state index contributed by atoms with van der Waals surface area (Å²) in [6.45, 7) is 2.66. The number of hydrogen-bond acceptors (Lipinski definition) is 3. The van der Waals surface area contributed by atoms with Crippen LogP contribution in [0.3, 0.4) is 0 Å². The molecule has 0 saturated heterocycles. The van der Waals surface area contributed by atoms with Crippen molar-refractivity contribution in [3.05, 3.63) is 0 Å². The monoisotopic (exact) mass is 185 g/mol. The molecule has 0 bridgehead atoms. The van der Waals surface area contributed by atoms with Crippen molar-refractivity contribution in [2.75, 3.05) is 6.61 Å². The average Bonchev–Trinajstić information content (AvgIpc) is 2.94. The van der Waals surface area contributed by atoms with Gasteiger partial charge in [-0.05, 0) is 25.2 Å². The van der Waals surface area contributed by atoms with E-state index in [1.54, 1.807) is 0 Å². The zero-order valence-electron chi connectivity index (χ0n) is 8.29. The first-order chi connectivity index (χ1) is 6.25. The van der Waals surface area contributed by atoms with Crippen LogP contribution in [0.2, 0.25) is 0 Å². The van der Waals surface area contributed by atoms with Crippen LogP contribution in [0.15, 0.2) is 0 Å². The maximum atomic E-state index is 11.2. The molecule has 0 heterocycles. The maximum Gasteiger partial charge on any atom is 0.323 e. The maximum absolute atomic E-state index is 11.2. The molecule has 2 N–H and O–H groups in total. The third-order valence-corrected chi connectivity index (χ3v) is 2.39. The lowest BCUT2D eigenvalue weighted by Crippen LogP contribution is -2.34. The molecule has 1 unspecified atom stereocenters. The highest BCUT2D eigenvalue weighted by molar-refractivity contribution is 5.76. The Morgan fingerprint density at radius 3 is 2.77 bits per heavy atom. The van der Waals surface area contributed by atoms with Crippen molar-refractivity contribution in [3.8, 4) is 0 Å². The number of ether oxygens (including phenoxy) is 1. The van der Waals surface area contributed by atoms with E-state index in [1.807, 2.05) is 0 Å². The number of esters is 1. The molecule has 1 rings (SSSR count). The summed E-state index contributed by atoms with van der Waals surface area (Å²) in [4.78, 5) is 11.2. The minimum absolute atomic E-state index is 0.210. The van der Waals surface area contributed by atoms with Gasteiger partial charge in [-0.25, -0.2) is 0 Å². The quantitative estimate of drug-likeness (QED) is 0.503. The largest absolute Gasteiger partial charge is 0.465 e. The number of nitrogens with two attached hydrogens (primary N) is 1. The molecule has 1 aliphatic rings. The van der Waals surface area contributed by atoms with E-state index in [9.17, 15) is 4.79 Å². The van der Waals surface area contributed by atoms with E-state index in [-0.39, 0.29) is 12.0 Å². The van der Waals surface area contributed by atoms with Crippen LogP contribution in [0.5, 0.6) is 0 Å². The lowest BCUT2D eigenvalue weighted by Gasteiger charge is -2.09. The molecule has 0 amide bonds. The first-order valence-electron chi connectivity index (χ1n) is 5.18. The summed E-state index contributed by atoms with van der Waals surface area (Å²) in [6, 6.07) is -0.360. The molecule has 1 fully saturated rings. The summed E-state index contributed by atoms with van der Waals surface area (Å²) in [5.74, 6) is 0.192. The predicted octanol–water partition coefficient (Wildman–Crippen LogP) is 1.46. The summed E-state index contributed by atoms with van der Waals surface area (Å²) in [6.07, 6.45) is 5.40. The molecule has 13 heavy (non-hydrogen) atoms. The molecule has 0 spiro atoms. The fraction of sp³-hybridized carbons (Fsp3) is 0.900. The molecule has 0 aromatic carbocycles. The number of rotatable bonds is 6. The molecule has 1 saturated carbocycles. The second kappa shape index (κ2) is 5.22. The highest BCUT2D eigenvalue weighted by Gasteiger charge is 2.34. The normalized spacial score (nSPS) is 18.3. The Morgan fingerprint density at radius 2 is 2.23 bits per heavy atom. The van der Waals surface area contributed by atoms with Gasteiger partial charge in [0.25, 0.3) is 0 Å². The second-order valence-electron chi connectivity index (χ2n) is 3.74. The van der Waals surface area contributed by atoms with Crippen LogP contribution in [0.25, 0.3) is 0 Å².